The summed E-state index contributed by atoms with van der Waals surface area (Å²) in [6.45, 7) is 0. The standard InChI is InChI=1S/C22H26N2O6S2/c1-30-22(27)24-20(26)19-16-10-5-6-11-17(16)31-21(19)23-18(25)12-7-13-32(28,29)14-15-8-3-2-4-9-15/h2-4,8-9H,5-7,10-14H2,1H3,(H,23,25)(H,24,26,27). The summed E-state index contributed by atoms with van der Waals surface area (Å²) in [5.74, 6) is -1.15. The lowest BCUT2D eigenvalue weighted by Gasteiger charge is -2.12. The highest BCUT2D eigenvalue weighted by Crippen LogP contribution is 2.38. The molecule has 2 aromatic rings. The van der Waals surface area contributed by atoms with E-state index in [1.54, 1.807) is 24.3 Å². The summed E-state index contributed by atoms with van der Waals surface area (Å²) in [5.41, 5.74) is 1.85. The van der Waals surface area contributed by atoms with Crippen molar-refractivity contribution in [2.75, 3.05) is 18.2 Å². The van der Waals surface area contributed by atoms with E-state index in [1.165, 1.54) is 18.4 Å². The molecule has 0 saturated heterocycles. The van der Waals surface area contributed by atoms with Crippen LogP contribution in [0.25, 0.3) is 0 Å². The Morgan fingerprint density at radius 2 is 1.81 bits per heavy atom. The van der Waals surface area contributed by atoms with Gasteiger partial charge in [-0.25, -0.2) is 13.2 Å². The van der Waals surface area contributed by atoms with Crippen molar-refractivity contribution in [2.45, 2.75) is 44.3 Å². The van der Waals surface area contributed by atoms with Crippen molar-refractivity contribution in [1.29, 1.82) is 0 Å². The Morgan fingerprint density at radius 1 is 1.09 bits per heavy atom. The fourth-order valence-corrected chi connectivity index (χ4v) is 6.37. The Hall–Kier alpha value is -2.72. The van der Waals surface area contributed by atoms with Gasteiger partial charge < -0.3 is 10.1 Å². The van der Waals surface area contributed by atoms with Crippen molar-refractivity contribution in [3.8, 4) is 0 Å². The fourth-order valence-electron chi connectivity index (χ4n) is 3.64. The number of methoxy groups -OCH3 is 1. The topological polar surface area (TPSA) is 119 Å². The number of carbonyl (C=O) groups is 3. The highest BCUT2D eigenvalue weighted by atomic mass is 32.2. The van der Waals surface area contributed by atoms with Gasteiger partial charge >= 0.3 is 6.09 Å². The highest BCUT2D eigenvalue weighted by molar-refractivity contribution is 7.90. The maximum Gasteiger partial charge on any atom is 0.413 e. The number of carbonyl (C=O) groups excluding carboxylic acids is 3. The molecule has 0 radical (unpaired) electrons. The van der Waals surface area contributed by atoms with Gasteiger partial charge in [0.05, 0.1) is 24.2 Å². The zero-order valence-electron chi connectivity index (χ0n) is 17.8. The molecule has 0 spiro atoms. The SMILES string of the molecule is COC(=O)NC(=O)c1c(NC(=O)CCCS(=O)(=O)Cc2ccccc2)sc2c1CCCC2. The lowest BCUT2D eigenvalue weighted by atomic mass is 9.95. The van der Waals surface area contributed by atoms with Gasteiger partial charge in [-0.15, -0.1) is 11.3 Å². The van der Waals surface area contributed by atoms with Crippen molar-refractivity contribution in [1.82, 2.24) is 5.32 Å². The maximum atomic E-state index is 12.6. The number of fused-ring (bicyclic) bond motifs is 1. The van der Waals surface area contributed by atoms with Gasteiger partial charge in [-0.3, -0.25) is 14.9 Å². The van der Waals surface area contributed by atoms with Crippen LogP contribution < -0.4 is 10.6 Å². The summed E-state index contributed by atoms with van der Waals surface area (Å²) in [7, 11) is -2.17. The Balaban J connectivity index is 1.62. The Morgan fingerprint density at radius 3 is 2.53 bits per heavy atom. The molecule has 0 atom stereocenters. The van der Waals surface area contributed by atoms with Crippen molar-refractivity contribution >= 4 is 44.1 Å². The molecule has 32 heavy (non-hydrogen) atoms. The number of ether oxygens (including phenoxy) is 1. The molecule has 172 valence electrons. The summed E-state index contributed by atoms with van der Waals surface area (Å²) in [4.78, 5) is 37.6. The first-order valence-corrected chi connectivity index (χ1v) is 13.0. The normalized spacial score (nSPS) is 13.2. The minimum atomic E-state index is -3.34. The molecule has 0 aliphatic heterocycles. The molecule has 8 nitrogen and oxygen atoms in total. The van der Waals surface area contributed by atoms with Gasteiger partial charge in [0.15, 0.2) is 9.84 Å². The fraction of sp³-hybridized carbons (Fsp3) is 0.409. The second-order valence-electron chi connectivity index (χ2n) is 7.59. The van der Waals surface area contributed by atoms with Crippen LogP contribution in [0.4, 0.5) is 9.80 Å². The molecule has 1 aliphatic carbocycles. The first-order valence-electron chi connectivity index (χ1n) is 10.4. The molecule has 0 unspecified atom stereocenters. The number of amides is 3. The number of anilines is 1. The van der Waals surface area contributed by atoms with E-state index in [0.717, 1.165) is 29.7 Å². The third-order valence-corrected chi connectivity index (χ3v) is 8.03. The van der Waals surface area contributed by atoms with Gasteiger partial charge in [-0.05, 0) is 43.2 Å². The zero-order valence-corrected chi connectivity index (χ0v) is 19.4. The molecule has 1 aromatic heterocycles. The number of thiophene rings is 1. The molecule has 1 aromatic carbocycles. The molecule has 3 amide bonds. The predicted molar refractivity (Wildman–Crippen MR) is 123 cm³/mol. The molecule has 10 heteroatoms. The van der Waals surface area contributed by atoms with Gasteiger partial charge in [0.25, 0.3) is 5.91 Å². The van der Waals surface area contributed by atoms with Gasteiger partial charge in [0, 0.05) is 11.3 Å². The molecular weight excluding hydrogens is 452 g/mol. The smallest absolute Gasteiger partial charge is 0.413 e. The van der Waals surface area contributed by atoms with Gasteiger partial charge in [-0.1, -0.05) is 30.3 Å². The van der Waals surface area contributed by atoms with E-state index in [1.807, 2.05) is 6.07 Å². The van der Waals surface area contributed by atoms with E-state index in [0.29, 0.717) is 22.5 Å². The average Bonchev–Trinajstić information content (AvgIpc) is 3.11. The van der Waals surface area contributed by atoms with E-state index in [9.17, 15) is 22.8 Å². The summed E-state index contributed by atoms with van der Waals surface area (Å²) in [5, 5.41) is 5.29. The molecule has 2 N–H and O–H groups in total. The monoisotopic (exact) mass is 478 g/mol. The van der Waals surface area contributed by atoms with Crippen LogP contribution in [0, 0.1) is 0 Å². The number of hydrogen-bond acceptors (Lipinski definition) is 7. The van der Waals surface area contributed by atoms with Crippen LogP contribution in [0.3, 0.4) is 0 Å². The minimum Gasteiger partial charge on any atom is -0.453 e. The molecule has 3 rings (SSSR count). The number of rotatable bonds is 8. The average molecular weight is 479 g/mol. The van der Waals surface area contributed by atoms with Crippen LogP contribution >= 0.6 is 11.3 Å². The molecule has 0 bridgehead atoms. The molecule has 1 heterocycles. The van der Waals surface area contributed by atoms with E-state index in [2.05, 4.69) is 15.4 Å². The van der Waals surface area contributed by atoms with Crippen LogP contribution in [0.2, 0.25) is 0 Å². The quantitative estimate of drug-likeness (QED) is 0.600. The van der Waals surface area contributed by atoms with E-state index >= 15 is 0 Å². The van der Waals surface area contributed by atoms with Crippen LogP contribution in [0.1, 0.15) is 52.0 Å². The number of hydrogen-bond donors (Lipinski definition) is 2. The third-order valence-electron chi connectivity index (χ3n) is 5.14. The summed E-state index contributed by atoms with van der Waals surface area (Å²) < 4.78 is 29.1. The second-order valence-corrected chi connectivity index (χ2v) is 10.9. The Labute approximate surface area is 191 Å². The Bertz CT molecular complexity index is 1090. The van der Waals surface area contributed by atoms with Crippen LogP contribution in [-0.4, -0.2) is 39.2 Å². The van der Waals surface area contributed by atoms with E-state index in [-0.39, 0.29) is 30.3 Å². The largest absolute Gasteiger partial charge is 0.453 e. The number of aryl methyl sites for hydroxylation is 1. The second kappa shape index (κ2) is 10.7. The number of nitrogens with one attached hydrogen (secondary N) is 2. The molecule has 0 saturated carbocycles. The van der Waals surface area contributed by atoms with Crippen molar-refractivity contribution in [3.05, 3.63) is 51.9 Å². The van der Waals surface area contributed by atoms with Crippen molar-refractivity contribution in [3.63, 3.8) is 0 Å². The Kier molecular flexibility index (Phi) is 8.03. The predicted octanol–water partition coefficient (Wildman–Crippen LogP) is 3.46. The summed E-state index contributed by atoms with van der Waals surface area (Å²) >= 11 is 1.33. The van der Waals surface area contributed by atoms with Gasteiger partial charge in [-0.2, -0.15) is 0 Å². The van der Waals surface area contributed by atoms with Crippen LogP contribution in [-0.2, 0) is 38.0 Å². The number of alkyl carbamates (subject to hydrolysis) is 1. The lowest BCUT2D eigenvalue weighted by molar-refractivity contribution is -0.116. The van der Waals surface area contributed by atoms with Gasteiger partial charge in [0.2, 0.25) is 5.91 Å². The summed E-state index contributed by atoms with van der Waals surface area (Å²) in [6.07, 6.45) is 2.75. The maximum absolute atomic E-state index is 12.6. The summed E-state index contributed by atoms with van der Waals surface area (Å²) in [6, 6.07) is 8.90. The zero-order chi connectivity index (χ0) is 23.1. The van der Waals surface area contributed by atoms with Crippen LogP contribution in [0.15, 0.2) is 30.3 Å². The van der Waals surface area contributed by atoms with E-state index in [4.69, 9.17) is 0 Å². The van der Waals surface area contributed by atoms with Gasteiger partial charge in [0.1, 0.15) is 5.00 Å². The number of sulfone groups is 1. The lowest BCUT2D eigenvalue weighted by Crippen LogP contribution is -2.31. The van der Waals surface area contributed by atoms with Crippen molar-refractivity contribution < 1.29 is 27.5 Å². The highest BCUT2D eigenvalue weighted by Gasteiger charge is 2.27. The number of imide groups is 1. The third kappa shape index (κ3) is 6.39. The van der Waals surface area contributed by atoms with Crippen LogP contribution in [0.5, 0.6) is 0 Å². The molecule has 1 aliphatic rings. The van der Waals surface area contributed by atoms with Crippen molar-refractivity contribution in [2.24, 2.45) is 0 Å². The molecular formula is C22H26N2O6S2. The molecule has 0 fully saturated rings. The number of benzene rings is 1. The minimum absolute atomic E-state index is 0.00858. The van der Waals surface area contributed by atoms with E-state index < -0.39 is 21.8 Å². The first-order chi connectivity index (χ1) is 15.3. The first kappa shape index (κ1) is 23.9.